The van der Waals surface area contributed by atoms with E-state index in [2.05, 4.69) is 0 Å². The maximum atomic E-state index is 12.6. The van der Waals surface area contributed by atoms with Gasteiger partial charge in [-0.25, -0.2) is 0 Å². The van der Waals surface area contributed by atoms with Crippen LogP contribution in [0.2, 0.25) is 0 Å². The molecule has 0 spiro atoms. The van der Waals surface area contributed by atoms with Gasteiger partial charge in [-0.1, -0.05) is 60.7 Å². The number of benzene rings is 2. The molecule has 118 valence electrons. The van der Waals surface area contributed by atoms with Crippen molar-refractivity contribution in [3.63, 3.8) is 0 Å². The summed E-state index contributed by atoms with van der Waals surface area (Å²) in [4.78, 5) is 24.8. The number of ketones is 1. The maximum Gasteiger partial charge on any atom is 0.310 e. The fourth-order valence-corrected chi connectivity index (χ4v) is 3.23. The number of rotatable bonds is 4. The highest BCUT2D eigenvalue weighted by molar-refractivity contribution is 5.94. The first-order valence-electron chi connectivity index (χ1n) is 8.00. The molecule has 1 saturated carbocycles. The fourth-order valence-electron chi connectivity index (χ4n) is 3.23. The van der Waals surface area contributed by atoms with Crippen molar-refractivity contribution in [1.82, 2.24) is 0 Å². The Bertz CT molecular complexity index is 679. The van der Waals surface area contributed by atoms with Crippen molar-refractivity contribution in [2.24, 2.45) is 5.92 Å². The molecule has 0 heterocycles. The molecule has 2 aromatic carbocycles. The quantitative estimate of drug-likeness (QED) is 0.800. The van der Waals surface area contributed by atoms with E-state index in [0.717, 1.165) is 11.1 Å². The summed E-state index contributed by atoms with van der Waals surface area (Å²) in [6.45, 7) is 1.86. The molecule has 0 radical (unpaired) electrons. The monoisotopic (exact) mass is 308 g/mol. The lowest BCUT2D eigenvalue weighted by molar-refractivity contribution is -0.154. The Balaban J connectivity index is 1.75. The number of hydrogen-bond acceptors (Lipinski definition) is 3. The second-order valence-corrected chi connectivity index (χ2v) is 5.99. The topological polar surface area (TPSA) is 43.4 Å². The summed E-state index contributed by atoms with van der Waals surface area (Å²) in [5, 5.41) is 0. The van der Waals surface area contributed by atoms with Crippen LogP contribution in [0.4, 0.5) is 0 Å². The highest BCUT2D eigenvalue weighted by Gasteiger charge is 2.41. The summed E-state index contributed by atoms with van der Waals surface area (Å²) in [5.41, 5.74) is 1.87. The van der Waals surface area contributed by atoms with Gasteiger partial charge in [0.15, 0.2) is 0 Å². The zero-order valence-electron chi connectivity index (χ0n) is 13.1. The van der Waals surface area contributed by atoms with Crippen molar-refractivity contribution >= 4 is 11.8 Å². The van der Waals surface area contributed by atoms with E-state index in [-0.39, 0.29) is 29.7 Å². The lowest BCUT2D eigenvalue weighted by Crippen LogP contribution is -2.24. The van der Waals surface area contributed by atoms with Crippen molar-refractivity contribution < 1.29 is 14.3 Å². The molecule has 1 aliphatic carbocycles. The van der Waals surface area contributed by atoms with Crippen LogP contribution in [0.25, 0.3) is 0 Å². The standard InChI is InChI=1S/C20H20O3/c1-14(15-8-4-2-5-9-15)23-20(22)17-12-13-18(21)19(17)16-10-6-3-7-11-16/h2-11,14,17,19H,12-13H2,1H3. The van der Waals surface area contributed by atoms with E-state index in [1.165, 1.54) is 0 Å². The Labute approximate surface area is 136 Å². The Morgan fingerprint density at radius 3 is 2.30 bits per heavy atom. The summed E-state index contributed by atoms with van der Waals surface area (Å²) in [5.74, 6) is -0.894. The van der Waals surface area contributed by atoms with E-state index in [1.807, 2.05) is 67.6 Å². The third-order valence-corrected chi connectivity index (χ3v) is 4.47. The third kappa shape index (κ3) is 3.34. The van der Waals surface area contributed by atoms with E-state index in [9.17, 15) is 9.59 Å². The molecule has 3 nitrogen and oxygen atoms in total. The molecule has 1 fully saturated rings. The van der Waals surface area contributed by atoms with E-state index >= 15 is 0 Å². The molecule has 3 unspecified atom stereocenters. The molecule has 0 aliphatic heterocycles. The van der Waals surface area contributed by atoms with Gasteiger partial charge in [0.25, 0.3) is 0 Å². The molecule has 3 atom stereocenters. The van der Waals surface area contributed by atoms with Crippen molar-refractivity contribution in [3.05, 3.63) is 71.8 Å². The average Bonchev–Trinajstić information content (AvgIpc) is 2.98. The maximum absolute atomic E-state index is 12.6. The van der Waals surface area contributed by atoms with E-state index < -0.39 is 0 Å². The van der Waals surface area contributed by atoms with Crippen molar-refractivity contribution in [1.29, 1.82) is 0 Å². The molecule has 2 aromatic rings. The van der Waals surface area contributed by atoms with Gasteiger partial charge in [-0.3, -0.25) is 9.59 Å². The predicted octanol–water partition coefficient (Wildman–Crippen LogP) is 4.05. The Hall–Kier alpha value is -2.42. The zero-order valence-corrected chi connectivity index (χ0v) is 13.1. The van der Waals surface area contributed by atoms with Crippen molar-refractivity contribution in [2.45, 2.75) is 31.8 Å². The summed E-state index contributed by atoms with van der Waals surface area (Å²) < 4.78 is 5.63. The molecule has 23 heavy (non-hydrogen) atoms. The molecular weight excluding hydrogens is 288 g/mol. The van der Waals surface area contributed by atoms with Crippen LogP contribution in [0.5, 0.6) is 0 Å². The van der Waals surface area contributed by atoms with Gasteiger partial charge in [0.1, 0.15) is 11.9 Å². The number of esters is 1. The minimum absolute atomic E-state index is 0.130. The number of carbonyl (C=O) groups excluding carboxylic acids is 2. The second kappa shape index (κ2) is 6.78. The summed E-state index contributed by atoms with van der Waals surface area (Å²) in [6, 6.07) is 19.2. The number of carbonyl (C=O) groups is 2. The molecule has 1 aliphatic rings. The minimum Gasteiger partial charge on any atom is -0.458 e. The molecule has 0 aromatic heterocycles. The number of Topliss-reactive ketones (excluding diaryl/α,β-unsaturated/α-hetero) is 1. The van der Waals surface area contributed by atoms with Gasteiger partial charge >= 0.3 is 5.97 Å². The van der Waals surface area contributed by atoms with E-state index in [4.69, 9.17) is 4.74 Å². The zero-order chi connectivity index (χ0) is 16.2. The molecule has 0 N–H and O–H groups in total. The Morgan fingerprint density at radius 1 is 1.04 bits per heavy atom. The molecule has 0 amide bonds. The average molecular weight is 308 g/mol. The molecule has 3 rings (SSSR count). The molecule has 0 saturated heterocycles. The van der Waals surface area contributed by atoms with Crippen LogP contribution in [-0.4, -0.2) is 11.8 Å². The highest BCUT2D eigenvalue weighted by atomic mass is 16.5. The SMILES string of the molecule is CC(OC(=O)C1CCC(=O)C1c1ccccc1)c1ccccc1. The van der Waals surface area contributed by atoms with Crippen LogP contribution in [0.1, 0.15) is 42.9 Å². The summed E-state index contributed by atoms with van der Waals surface area (Å²) in [7, 11) is 0. The van der Waals surface area contributed by atoms with Gasteiger partial charge in [-0.05, 0) is 24.5 Å². The lowest BCUT2D eigenvalue weighted by Gasteiger charge is -2.21. The predicted molar refractivity (Wildman–Crippen MR) is 87.9 cm³/mol. The van der Waals surface area contributed by atoms with Crippen LogP contribution in [0.3, 0.4) is 0 Å². The van der Waals surface area contributed by atoms with Crippen molar-refractivity contribution in [3.8, 4) is 0 Å². The minimum atomic E-state index is -0.379. The van der Waals surface area contributed by atoms with Gasteiger partial charge in [0.05, 0.1) is 11.8 Å². The summed E-state index contributed by atoms with van der Waals surface area (Å²) in [6.07, 6.45) is 0.702. The summed E-state index contributed by atoms with van der Waals surface area (Å²) >= 11 is 0. The van der Waals surface area contributed by atoms with Crippen LogP contribution >= 0.6 is 0 Å². The lowest BCUT2D eigenvalue weighted by atomic mass is 9.88. The van der Waals surface area contributed by atoms with E-state index in [1.54, 1.807) is 0 Å². The Kier molecular flexibility index (Phi) is 4.56. The second-order valence-electron chi connectivity index (χ2n) is 5.99. The largest absolute Gasteiger partial charge is 0.458 e. The van der Waals surface area contributed by atoms with Gasteiger partial charge in [-0.15, -0.1) is 0 Å². The molecule has 0 bridgehead atoms. The van der Waals surface area contributed by atoms with Gasteiger partial charge in [-0.2, -0.15) is 0 Å². The number of hydrogen-bond donors (Lipinski definition) is 0. The van der Waals surface area contributed by atoms with Crippen LogP contribution in [-0.2, 0) is 14.3 Å². The molecule has 3 heteroatoms. The first-order valence-corrected chi connectivity index (χ1v) is 8.00. The number of ether oxygens (including phenoxy) is 1. The highest BCUT2D eigenvalue weighted by Crippen LogP contribution is 2.38. The third-order valence-electron chi connectivity index (χ3n) is 4.47. The Morgan fingerprint density at radius 2 is 1.65 bits per heavy atom. The fraction of sp³-hybridized carbons (Fsp3) is 0.300. The molecular formula is C20H20O3. The van der Waals surface area contributed by atoms with Gasteiger partial charge in [0.2, 0.25) is 0 Å². The van der Waals surface area contributed by atoms with Crippen LogP contribution in [0, 0.1) is 5.92 Å². The smallest absolute Gasteiger partial charge is 0.310 e. The van der Waals surface area contributed by atoms with Crippen molar-refractivity contribution in [2.75, 3.05) is 0 Å². The van der Waals surface area contributed by atoms with Crippen LogP contribution < -0.4 is 0 Å². The van der Waals surface area contributed by atoms with Gasteiger partial charge in [0, 0.05) is 6.42 Å². The normalized spacial score (nSPS) is 21.9. The van der Waals surface area contributed by atoms with Crippen LogP contribution in [0.15, 0.2) is 60.7 Å². The van der Waals surface area contributed by atoms with Gasteiger partial charge < -0.3 is 4.74 Å². The van der Waals surface area contributed by atoms with E-state index in [0.29, 0.717) is 12.8 Å². The first-order chi connectivity index (χ1) is 11.2. The first kappa shape index (κ1) is 15.5.